The van der Waals surface area contributed by atoms with Crippen LogP contribution in [0.4, 0.5) is 8.78 Å². The lowest BCUT2D eigenvalue weighted by atomic mass is 10.1. The third-order valence-electron chi connectivity index (χ3n) is 4.86. The molecule has 1 aliphatic heterocycles. The lowest BCUT2D eigenvalue weighted by Crippen LogP contribution is -2.06. The molecule has 3 aromatic rings. The number of alkyl halides is 2. The van der Waals surface area contributed by atoms with Crippen molar-refractivity contribution in [1.82, 2.24) is 14.5 Å². The smallest absolute Gasteiger partial charge is 0.265 e. The highest BCUT2D eigenvalue weighted by Gasteiger charge is 2.23. The summed E-state index contributed by atoms with van der Waals surface area (Å²) in [7, 11) is 0. The molecule has 2 aromatic heterocycles. The van der Waals surface area contributed by atoms with E-state index in [-0.39, 0.29) is 10.6 Å². The minimum absolute atomic E-state index is 0.0480. The summed E-state index contributed by atoms with van der Waals surface area (Å²) in [6, 6.07) is 8.62. The Morgan fingerprint density at radius 1 is 1.04 bits per heavy atom. The Kier molecular flexibility index (Phi) is 5.17. The van der Waals surface area contributed by atoms with Gasteiger partial charge in [0.2, 0.25) is 0 Å². The minimum Gasteiger partial charge on any atom is -0.379 e. The maximum absolute atomic E-state index is 13.1. The van der Waals surface area contributed by atoms with Crippen molar-refractivity contribution in [2.75, 3.05) is 13.2 Å². The molecule has 1 aromatic carbocycles. The Hall–Kier alpha value is -2.31. The largest absolute Gasteiger partial charge is 0.379 e. The van der Waals surface area contributed by atoms with Crippen molar-refractivity contribution in [3.8, 4) is 22.6 Å². The summed E-state index contributed by atoms with van der Waals surface area (Å²) in [6.45, 7) is 5.75. The van der Waals surface area contributed by atoms with Crippen LogP contribution in [0.5, 0.6) is 0 Å². The normalized spacial score (nSPS) is 14.2. The molecule has 0 unspecified atom stereocenters. The minimum atomic E-state index is -2.61. The van der Waals surface area contributed by atoms with Gasteiger partial charge in [0, 0.05) is 46.7 Å². The van der Waals surface area contributed by atoms with Crippen molar-refractivity contribution in [3.63, 3.8) is 0 Å². The Morgan fingerprint density at radius 3 is 2.46 bits per heavy atom. The van der Waals surface area contributed by atoms with E-state index in [1.54, 1.807) is 12.1 Å². The number of imidazole rings is 1. The molecule has 28 heavy (non-hydrogen) atoms. The quantitative estimate of drug-likeness (QED) is 0.588. The van der Waals surface area contributed by atoms with E-state index in [1.807, 2.05) is 26.0 Å². The highest BCUT2D eigenvalue weighted by atomic mass is 35.5. The number of benzene rings is 1. The number of nitrogens with zero attached hydrogens (tertiary/aromatic N) is 3. The van der Waals surface area contributed by atoms with Gasteiger partial charge in [-0.05, 0) is 32.0 Å². The van der Waals surface area contributed by atoms with E-state index in [0.29, 0.717) is 31.1 Å². The summed E-state index contributed by atoms with van der Waals surface area (Å²) in [5.74, 6) is 0.713. The molecule has 0 N–H and O–H groups in total. The van der Waals surface area contributed by atoms with Crippen molar-refractivity contribution in [3.05, 3.63) is 58.0 Å². The summed E-state index contributed by atoms with van der Waals surface area (Å²) < 4.78 is 33.9. The van der Waals surface area contributed by atoms with Gasteiger partial charge in [-0.2, -0.15) is 0 Å². The fourth-order valence-electron chi connectivity index (χ4n) is 3.67. The molecule has 7 heteroatoms. The van der Waals surface area contributed by atoms with Gasteiger partial charge in [-0.15, -0.1) is 0 Å². The Balaban J connectivity index is 1.89. The van der Waals surface area contributed by atoms with Gasteiger partial charge in [-0.3, -0.25) is 4.98 Å². The predicted molar refractivity (Wildman–Crippen MR) is 105 cm³/mol. The zero-order chi connectivity index (χ0) is 19.8. The summed E-state index contributed by atoms with van der Waals surface area (Å²) in [5.41, 5.74) is 5.34. The third kappa shape index (κ3) is 3.54. The second-order valence-electron chi connectivity index (χ2n) is 6.92. The molecule has 1 aliphatic rings. The van der Waals surface area contributed by atoms with E-state index < -0.39 is 6.43 Å². The van der Waals surface area contributed by atoms with Gasteiger partial charge < -0.3 is 9.30 Å². The van der Waals surface area contributed by atoms with E-state index in [1.165, 1.54) is 6.07 Å². The van der Waals surface area contributed by atoms with Crippen molar-refractivity contribution >= 4 is 11.6 Å². The molecule has 3 heterocycles. The Labute approximate surface area is 167 Å². The molecule has 0 radical (unpaired) electrons. The maximum Gasteiger partial charge on any atom is 0.265 e. The van der Waals surface area contributed by atoms with Crippen molar-refractivity contribution in [2.24, 2.45) is 0 Å². The highest BCUT2D eigenvalue weighted by Crippen LogP contribution is 2.35. The molecule has 146 valence electrons. The predicted octanol–water partition coefficient (Wildman–Crippen LogP) is 5.39. The second-order valence-corrected chi connectivity index (χ2v) is 7.33. The monoisotopic (exact) mass is 403 g/mol. The topological polar surface area (TPSA) is 39.9 Å². The van der Waals surface area contributed by atoms with Gasteiger partial charge in [0.1, 0.15) is 5.82 Å². The van der Waals surface area contributed by atoms with Crippen LogP contribution in [-0.2, 0) is 17.7 Å². The van der Waals surface area contributed by atoms with E-state index in [0.717, 1.165) is 34.8 Å². The third-order valence-corrected chi connectivity index (χ3v) is 5.19. The average molecular weight is 404 g/mol. The highest BCUT2D eigenvalue weighted by molar-refractivity contribution is 6.31. The first-order chi connectivity index (χ1) is 13.4. The summed E-state index contributed by atoms with van der Waals surface area (Å²) in [4.78, 5) is 9.35. The SMILES string of the molecule is Cc1cc(-c2nc(-c3ccc(C(F)F)c(Cl)c3)n3c2CCOCC3)cc(C)n1. The lowest BCUT2D eigenvalue weighted by Gasteiger charge is -2.10. The van der Waals surface area contributed by atoms with Crippen LogP contribution >= 0.6 is 11.6 Å². The molecule has 4 nitrogen and oxygen atoms in total. The standard InChI is InChI=1S/C21H20ClF2N3O/c1-12-9-15(10-13(2)25-12)19-18-5-7-28-8-6-27(18)21(26-19)14-3-4-16(20(23)24)17(22)11-14/h3-4,9-11,20H,5-8H2,1-2H3. The summed E-state index contributed by atoms with van der Waals surface area (Å²) >= 11 is 6.11. The number of hydrogen-bond donors (Lipinski definition) is 0. The van der Waals surface area contributed by atoms with Crippen LogP contribution in [0.2, 0.25) is 5.02 Å². The summed E-state index contributed by atoms with van der Waals surface area (Å²) in [5, 5.41) is 0.0480. The molecule has 0 bridgehead atoms. The van der Waals surface area contributed by atoms with E-state index in [2.05, 4.69) is 9.55 Å². The van der Waals surface area contributed by atoms with Gasteiger partial charge in [-0.25, -0.2) is 13.8 Å². The Morgan fingerprint density at radius 2 is 1.79 bits per heavy atom. The molecular formula is C21H20ClF2N3O. The lowest BCUT2D eigenvalue weighted by molar-refractivity contribution is 0.140. The Bertz CT molecular complexity index is 1010. The number of halogens is 3. The number of fused-ring (bicyclic) bond motifs is 1. The van der Waals surface area contributed by atoms with Gasteiger partial charge >= 0.3 is 0 Å². The molecule has 0 fully saturated rings. The number of aryl methyl sites for hydroxylation is 2. The molecule has 0 saturated heterocycles. The van der Waals surface area contributed by atoms with Crippen LogP contribution in [0.15, 0.2) is 30.3 Å². The number of pyridine rings is 1. The number of rotatable bonds is 3. The van der Waals surface area contributed by atoms with Crippen LogP contribution in [0.1, 0.15) is 29.1 Å². The van der Waals surface area contributed by atoms with Gasteiger partial charge in [0.25, 0.3) is 6.43 Å². The van der Waals surface area contributed by atoms with E-state index in [4.69, 9.17) is 21.3 Å². The van der Waals surface area contributed by atoms with Crippen LogP contribution in [-0.4, -0.2) is 27.7 Å². The summed E-state index contributed by atoms with van der Waals surface area (Å²) in [6.07, 6.45) is -1.88. The molecule has 0 aliphatic carbocycles. The fourth-order valence-corrected chi connectivity index (χ4v) is 3.94. The average Bonchev–Trinajstić information content (AvgIpc) is 2.82. The van der Waals surface area contributed by atoms with Crippen LogP contribution in [0.3, 0.4) is 0 Å². The second kappa shape index (κ2) is 7.60. The number of hydrogen-bond acceptors (Lipinski definition) is 3. The zero-order valence-corrected chi connectivity index (χ0v) is 16.4. The van der Waals surface area contributed by atoms with Gasteiger partial charge in [0.05, 0.1) is 23.9 Å². The van der Waals surface area contributed by atoms with Crippen molar-refractivity contribution < 1.29 is 13.5 Å². The molecule has 0 amide bonds. The molecule has 0 saturated carbocycles. The molecular weight excluding hydrogens is 384 g/mol. The van der Waals surface area contributed by atoms with E-state index >= 15 is 0 Å². The zero-order valence-electron chi connectivity index (χ0n) is 15.7. The van der Waals surface area contributed by atoms with Crippen LogP contribution < -0.4 is 0 Å². The molecule has 0 spiro atoms. The van der Waals surface area contributed by atoms with E-state index in [9.17, 15) is 8.78 Å². The first-order valence-electron chi connectivity index (χ1n) is 9.15. The van der Waals surface area contributed by atoms with Gasteiger partial charge in [0.15, 0.2) is 0 Å². The van der Waals surface area contributed by atoms with Crippen molar-refractivity contribution in [1.29, 1.82) is 0 Å². The van der Waals surface area contributed by atoms with Gasteiger partial charge in [-0.1, -0.05) is 23.7 Å². The maximum atomic E-state index is 13.1. The first kappa shape index (κ1) is 19.0. The number of aromatic nitrogens is 3. The number of ether oxygens (including phenoxy) is 1. The fraction of sp³-hybridized carbons (Fsp3) is 0.333. The van der Waals surface area contributed by atoms with Crippen LogP contribution in [0, 0.1) is 13.8 Å². The van der Waals surface area contributed by atoms with Crippen molar-refractivity contribution in [2.45, 2.75) is 33.2 Å². The molecule has 4 rings (SSSR count). The first-order valence-corrected chi connectivity index (χ1v) is 9.52. The molecule has 0 atom stereocenters. The van der Waals surface area contributed by atoms with Crippen LogP contribution in [0.25, 0.3) is 22.6 Å².